The van der Waals surface area contributed by atoms with Gasteiger partial charge >= 0.3 is 5.97 Å². The number of hydrogen-bond acceptors (Lipinski definition) is 3. The third kappa shape index (κ3) is 2.17. The van der Waals surface area contributed by atoms with Crippen molar-refractivity contribution in [2.75, 3.05) is 0 Å². The van der Waals surface area contributed by atoms with Crippen LogP contribution >= 0.6 is 0 Å². The summed E-state index contributed by atoms with van der Waals surface area (Å²) in [7, 11) is 0. The number of ketones is 2. The molecule has 1 aliphatic carbocycles. The number of carboxylic acid groups (broad SMARTS) is 1. The lowest BCUT2D eigenvalue weighted by Crippen LogP contribution is -2.21. The van der Waals surface area contributed by atoms with Crippen LogP contribution in [0.5, 0.6) is 0 Å². The maximum atomic E-state index is 12.1. The van der Waals surface area contributed by atoms with Crippen LogP contribution in [0.4, 0.5) is 0 Å². The lowest BCUT2D eigenvalue weighted by Gasteiger charge is -2.18. The number of carboxylic acids is 1. The van der Waals surface area contributed by atoms with Crippen LogP contribution in [0.2, 0.25) is 0 Å². The molecule has 0 bridgehead atoms. The molecule has 102 valence electrons. The third-order valence-electron chi connectivity index (χ3n) is 3.37. The van der Waals surface area contributed by atoms with Gasteiger partial charge in [0.1, 0.15) is 0 Å². The first-order chi connectivity index (χ1) is 10.1. The van der Waals surface area contributed by atoms with Crippen molar-refractivity contribution in [3.05, 3.63) is 65.2 Å². The average Bonchev–Trinajstić information content (AvgIpc) is 2.50. The van der Waals surface area contributed by atoms with Gasteiger partial charge in [0, 0.05) is 17.2 Å². The Balaban J connectivity index is 2.20. The van der Waals surface area contributed by atoms with E-state index in [2.05, 4.69) is 0 Å². The highest BCUT2D eigenvalue weighted by molar-refractivity contribution is 6.53. The van der Waals surface area contributed by atoms with Gasteiger partial charge in [-0.05, 0) is 34.9 Å². The van der Waals surface area contributed by atoms with Crippen molar-refractivity contribution in [1.82, 2.24) is 0 Å². The van der Waals surface area contributed by atoms with Gasteiger partial charge in [-0.25, -0.2) is 4.79 Å². The molecule has 0 fully saturated rings. The van der Waals surface area contributed by atoms with Crippen LogP contribution in [0.3, 0.4) is 0 Å². The summed E-state index contributed by atoms with van der Waals surface area (Å²) >= 11 is 0. The van der Waals surface area contributed by atoms with Crippen LogP contribution in [-0.2, 0) is 4.79 Å². The zero-order valence-corrected chi connectivity index (χ0v) is 10.9. The van der Waals surface area contributed by atoms with Gasteiger partial charge in [-0.15, -0.1) is 0 Å². The van der Waals surface area contributed by atoms with E-state index in [9.17, 15) is 14.4 Å². The Kier molecular flexibility index (Phi) is 2.99. The Morgan fingerprint density at radius 2 is 1.48 bits per heavy atom. The number of carbonyl (C=O) groups excluding carboxylic acids is 2. The van der Waals surface area contributed by atoms with E-state index in [4.69, 9.17) is 5.11 Å². The lowest BCUT2D eigenvalue weighted by molar-refractivity contribution is -0.131. The van der Waals surface area contributed by atoms with Gasteiger partial charge in [-0.2, -0.15) is 0 Å². The monoisotopic (exact) mass is 278 g/mol. The molecule has 0 saturated heterocycles. The van der Waals surface area contributed by atoms with Crippen LogP contribution in [0, 0.1) is 0 Å². The van der Waals surface area contributed by atoms with Crippen LogP contribution < -0.4 is 0 Å². The molecule has 3 rings (SSSR count). The molecule has 0 saturated carbocycles. The highest BCUT2D eigenvalue weighted by Crippen LogP contribution is 2.34. The Labute approximate surface area is 120 Å². The molecule has 0 unspecified atom stereocenters. The minimum Gasteiger partial charge on any atom is -0.478 e. The molecular weight excluding hydrogens is 268 g/mol. The van der Waals surface area contributed by atoms with Crippen LogP contribution in [0.1, 0.15) is 26.3 Å². The van der Waals surface area contributed by atoms with E-state index in [0.717, 1.165) is 6.08 Å². The third-order valence-corrected chi connectivity index (χ3v) is 3.37. The van der Waals surface area contributed by atoms with E-state index in [0.29, 0.717) is 27.8 Å². The minimum absolute atomic E-state index is 0.353. The van der Waals surface area contributed by atoms with E-state index < -0.39 is 17.5 Å². The summed E-state index contributed by atoms with van der Waals surface area (Å²) in [6.07, 6.45) is 2.48. The summed E-state index contributed by atoms with van der Waals surface area (Å²) in [6.45, 7) is 0. The average molecular weight is 278 g/mol. The Morgan fingerprint density at radius 3 is 2.14 bits per heavy atom. The molecule has 2 aromatic carbocycles. The standard InChI is InChI=1S/C17H10O4/c18-15(19)8-6-10-5-7-13-14(9-10)11-3-1-2-4-12(11)16(20)17(13)21/h1-9H,(H,18,19). The summed E-state index contributed by atoms with van der Waals surface area (Å²) in [5.74, 6) is -2.08. The van der Waals surface area contributed by atoms with Gasteiger partial charge in [0.05, 0.1) is 0 Å². The highest BCUT2D eigenvalue weighted by atomic mass is 16.4. The molecule has 21 heavy (non-hydrogen) atoms. The zero-order valence-electron chi connectivity index (χ0n) is 10.9. The van der Waals surface area contributed by atoms with Crippen LogP contribution in [0.15, 0.2) is 48.5 Å². The number of fused-ring (bicyclic) bond motifs is 3. The van der Waals surface area contributed by atoms with Gasteiger partial charge in [0.2, 0.25) is 11.6 Å². The predicted molar refractivity (Wildman–Crippen MR) is 77.2 cm³/mol. The Hall–Kier alpha value is -3.01. The maximum absolute atomic E-state index is 12.1. The van der Waals surface area contributed by atoms with Gasteiger partial charge < -0.3 is 5.11 Å². The normalized spacial score (nSPS) is 13.1. The molecule has 0 spiro atoms. The smallest absolute Gasteiger partial charge is 0.328 e. The topological polar surface area (TPSA) is 71.4 Å². The summed E-state index contributed by atoms with van der Waals surface area (Å²) < 4.78 is 0. The molecule has 0 atom stereocenters. The fourth-order valence-electron chi connectivity index (χ4n) is 2.41. The predicted octanol–water partition coefficient (Wildman–Crippen LogP) is 2.83. The molecule has 0 radical (unpaired) electrons. The largest absolute Gasteiger partial charge is 0.478 e. The fourth-order valence-corrected chi connectivity index (χ4v) is 2.41. The van der Waals surface area contributed by atoms with E-state index in [1.165, 1.54) is 6.08 Å². The molecule has 0 aromatic heterocycles. The molecule has 4 heteroatoms. The molecule has 0 amide bonds. The van der Waals surface area contributed by atoms with Crippen molar-refractivity contribution in [3.8, 4) is 11.1 Å². The van der Waals surface area contributed by atoms with E-state index in [1.54, 1.807) is 42.5 Å². The van der Waals surface area contributed by atoms with Crippen molar-refractivity contribution in [3.63, 3.8) is 0 Å². The Morgan fingerprint density at radius 1 is 0.857 bits per heavy atom. The van der Waals surface area contributed by atoms with E-state index >= 15 is 0 Å². The highest BCUT2D eigenvalue weighted by Gasteiger charge is 2.29. The first kappa shape index (κ1) is 13.0. The molecule has 1 aliphatic rings. The first-order valence-corrected chi connectivity index (χ1v) is 6.31. The number of benzene rings is 2. The zero-order chi connectivity index (χ0) is 15.0. The minimum atomic E-state index is -1.04. The second kappa shape index (κ2) is 4.83. The number of rotatable bonds is 2. The van der Waals surface area contributed by atoms with Crippen LogP contribution in [-0.4, -0.2) is 22.6 Å². The summed E-state index contributed by atoms with van der Waals surface area (Å²) in [6, 6.07) is 11.8. The molecular formula is C17H10O4. The quantitative estimate of drug-likeness (QED) is 0.677. The molecule has 2 aromatic rings. The van der Waals surface area contributed by atoms with E-state index in [1.807, 2.05) is 0 Å². The lowest BCUT2D eigenvalue weighted by atomic mass is 9.83. The number of Topliss-reactive ketones (excluding diaryl/α,β-unsaturated/α-hetero) is 2. The van der Waals surface area contributed by atoms with Crippen molar-refractivity contribution in [2.45, 2.75) is 0 Å². The van der Waals surface area contributed by atoms with Crippen molar-refractivity contribution >= 4 is 23.6 Å². The molecule has 1 N–H and O–H groups in total. The second-order valence-electron chi connectivity index (χ2n) is 4.68. The van der Waals surface area contributed by atoms with Crippen molar-refractivity contribution < 1.29 is 19.5 Å². The number of aliphatic carboxylic acids is 1. The first-order valence-electron chi connectivity index (χ1n) is 6.31. The molecule has 4 nitrogen and oxygen atoms in total. The maximum Gasteiger partial charge on any atom is 0.328 e. The fraction of sp³-hybridized carbons (Fsp3) is 0. The van der Waals surface area contributed by atoms with Crippen LogP contribution in [0.25, 0.3) is 17.2 Å². The molecule has 0 heterocycles. The molecule has 0 aliphatic heterocycles. The summed E-state index contributed by atoms with van der Waals surface area (Å²) in [5.41, 5.74) is 2.75. The van der Waals surface area contributed by atoms with E-state index in [-0.39, 0.29) is 0 Å². The number of hydrogen-bond donors (Lipinski definition) is 1. The van der Waals surface area contributed by atoms with Gasteiger partial charge in [-0.1, -0.05) is 30.3 Å². The van der Waals surface area contributed by atoms with Gasteiger partial charge in [0.25, 0.3) is 0 Å². The van der Waals surface area contributed by atoms with Crippen molar-refractivity contribution in [2.24, 2.45) is 0 Å². The second-order valence-corrected chi connectivity index (χ2v) is 4.68. The summed E-state index contributed by atoms with van der Waals surface area (Å²) in [5, 5.41) is 8.66. The number of carbonyl (C=O) groups is 3. The SMILES string of the molecule is O=C(O)C=Cc1ccc2c(c1)-c1ccccc1C(=O)C2=O. The Bertz CT molecular complexity index is 815. The van der Waals surface area contributed by atoms with Gasteiger partial charge in [-0.3, -0.25) is 9.59 Å². The summed E-state index contributed by atoms with van der Waals surface area (Å²) in [4.78, 5) is 34.7. The van der Waals surface area contributed by atoms with Gasteiger partial charge in [0.15, 0.2) is 0 Å². The van der Waals surface area contributed by atoms with Crippen molar-refractivity contribution in [1.29, 1.82) is 0 Å².